The molecule has 0 radical (unpaired) electrons. The third-order valence-corrected chi connectivity index (χ3v) is 2.13. The van der Waals surface area contributed by atoms with Crippen molar-refractivity contribution in [2.75, 3.05) is 27.2 Å². The number of hydrogen-bond acceptors (Lipinski definition) is 4. The lowest BCUT2D eigenvalue weighted by atomic mass is 10.3. The van der Waals surface area contributed by atoms with Gasteiger partial charge >= 0.3 is 0 Å². The standard InChI is InChI=1S/C8H16N4O/c1-4-8(13)11-6-5-7-12(9-2)10(11)3/h4,9H,1,5-7H2,2-3H3. The first-order valence-corrected chi connectivity index (χ1v) is 4.33. The maximum Gasteiger partial charge on any atom is 0.261 e. The van der Waals surface area contributed by atoms with E-state index in [4.69, 9.17) is 0 Å². The maximum atomic E-state index is 11.4. The molecule has 0 saturated carbocycles. The van der Waals surface area contributed by atoms with Gasteiger partial charge in [0, 0.05) is 27.2 Å². The van der Waals surface area contributed by atoms with E-state index in [1.54, 1.807) is 10.1 Å². The highest BCUT2D eigenvalue weighted by Gasteiger charge is 2.24. The van der Waals surface area contributed by atoms with Crippen LogP contribution in [-0.4, -0.2) is 48.3 Å². The topological polar surface area (TPSA) is 38.8 Å². The normalized spacial score (nSPS) is 20.3. The highest BCUT2D eigenvalue weighted by Crippen LogP contribution is 2.08. The first-order chi connectivity index (χ1) is 6.20. The van der Waals surface area contributed by atoms with Crippen LogP contribution in [0.1, 0.15) is 6.42 Å². The third-order valence-electron chi connectivity index (χ3n) is 2.13. The van der Waals surface area contributed by atoms with Crippen LogP contribution in [-0.2, 0) is 4.79 Å². The van der Waals surface area contributed by atoms with E-state index >= 15 is 0 Å². The summed E-state index contributed by atoms with van der Waals surface area (Å²) in [5, 5.41) is 5.30. The quantitative estimate of drug-likeness (QED) is 0.593. The number of hydrazine groups is 3. The molecule has 0 bridgehead atoms. The van der Waals surface area contributed by atoms with Crippen LogP contribution >= 0.6 is 0 Å². The second kappa shape index (κ2) is 4.36. The molecule has 74 valence electrons. The Kier molecular flexibility index (Phi) is 3.41. The fourth-order valence-electron chi connectivity index (χ4n) is 1.40. The zero-order chi connectivity index (χ0) is 9.84. The summed E-state index contributed by atoms with van der Waals surface area (Å²) in [5.41, 5.74) is 2.99. The SMILES string of the molecule is C=CC(=O)N1CCCN(NC)N1C. The zero-order valence-corrected chi connectivity index (χ0v) is 8.16. The van der Waals surface area contributed by atoms with Gasteiger partial charge in [-0.2, -0.15) is 5.12 Å². The van der Waals surface area contributed by atoms with Crippen molar-refractivity contribution >= 4 is 5.91 Å². The van der Waals surface area contributed by atoms with Crippen molar-refractivity contribution in [1.29, 1.82) is 0 Å². The van der Waals surface area contributed by atoms with Crippen molar-refractivity contribution in [2.45, 2.75) is 6.42 Å². The molecule has 13 heavy (non-hydrogen) atoms. The van der Waals surface area contributed by atoms with Crippen LogP contribution < -0.4 is 5.43 Å². The number of carbonyl (C=O) groups excluding carboxylic acids is 1. The highest BCUT2D eigenvalue weighted by molar-refractivity contribution is 5.86. The van der Waals surface area contributed by atoms with E-state index in [0.29, 0.717) is 0 Å². The Morgan fingerprint density at radius 3 is 2.77 bits per heavy atom. The summed E-state index contributed by atoms with van der Waals surface area (Å²) in [4.78, 5) is 11.4. The molecule has 1 fully saturated rings. The lowest BCUT2D eigenvalue weighted by Gasteiger charge is -2.42. The molecule has 0 aromatic rings. The van der Waals surface area contributed by atoms with Gasteiger partial charge in [0.1, 0.15) is 0 Å². The van der Waals surface area contributed by atoms with Crippen molar-refractivity contribution in [3.63, 3.8) is 0 Å². The molecule has 1 saturated heterocycles. The number of rotatable bonds is 2. The van der Waals surface area contributed by atoms with E-state index < -0.39 is 0 Å². The molecule has 5 nitrogen and oxygen atoms in total. The Bertz CT molecular complexity index is 206. The molecule has 1 N–H and O–H groups in total. The van der Waals surface area contributed by atoms with E-state index in [2.05, 4.69) is 12.0 Å². The average molecular weight is 184 g/mol. The molecule has 0 atom stereocenters. The largest absolute Gasteiger partial charge is 0.268 e. The summed E-state index contributed by atoms with van der Waals surface area (Å²) in [6, 6.07) is 0. The van der Waals surface area contributed by atoms with Gasteiger partial charge in [0.05, 0.1) is 0 Å². The van der Waals surface area contributed by atoms with E-state index in [9.17, 15) is 4.79 Å². The summed E-state index contributed by atoms with van der Waals surface area (Å²) < 4.78 is 0. The van der Waals surface area contributed by atoms with E-state index in [1.807, 2.05) is 19.2 Å². The number of amides is 1. The van der Waals surface area contributed by atoms with Gasteiger partial charge in [0.2, 0.25) is 0 Å². The van der Waals surface area contributed by atoms with Gasteiger partial charge in [-0.3, -0.25) is 9.80 Å². The molecule has 0 aliphatic carbocycles. The molecule has 5 heteroatoms. The van der Waals surface area contributed by atoms with Crippen molar-refractivity contribution in [3.05, 3.63) is 12.7 Å². The van der Waals surface area contributed by atoms with Gasteiger partial charge < -0.3 is 0 Å². The summed E-state index contributed by atoms with van der Waals surface area (Å²) in [6.45, 7) is 5.12. The fraction of sp³-hybridized carbons (Fsp3) is 0.625. The van der Waals surface area contributed by atoms with E-state index in [0.717, 1.165) is 19.5 Å². The van der Waals surface area contributed by atoms with Crippen molar-refractivity contribution in [3.8, 4) is 0 Å². The molecule has 0 aromatic carbocycles. The summed E-state index contributed by atoms with van der Waals surface area (Å²) >= 11 is 0. The predicted molar refractivity (Wildman–Crippen MR) is 50.1 cm³/mol. The molecule has 1 rings (SSSR count). The Hall–Kier alpha value is -0.910. The second-order valence-corrected chi connectivity index (χ2v) is 2.86. The molecular formula is C8H16N4O. The zero-order valence-electron chi connectivity index (χ0n) is 8.16. The second-order valence-electron chi connectivity index (χ2n) is 2.86. The molecule has 1 aliphatic heterocycles. The van der Waals surface area contributed by atoms with Crippen molar-refractivity contribution < 1.29 is 4.79 Å². The maximum absolute atomic E-state index is 11.4. The van der Waals surface area contributed by atoms with Gasteiger partial charge in [-0.1, -0.05) is 6.58 Å². The lowest BCUT2D eigenvalue weighted by Crippen LogP contribution is -2.61. The Morgan fingerprint density at radius 1 is 1.54 bits per heavy atom. The summed E-state index contributed by atoms with van der Waals surface area (Å²) in [5.74, 6) is -0.0672. The van der Waals surface area contributed by atoms with Gasteiger partial charge in [-0.05, 0) is 12.5 Å². The minimum atomic E-state index is -0.0672. The number of carbonyl (C=O) groups is 1. The Morgan fingerprint density at radius 2 is 2.23 bits per heavy atom. The number of hydrogen-bond donors (Lipinski definition) is 1. The first kappa shape index (κ1) is 10.2. The van der Waals surface area contributed by atoms with Gasteiger partial charge in [-0.15, -0.1) is 5.12 Å². The molecule has 0 aromatic heterocycles. The van der Waals surface area contributed by atoms with Crippen LogP contribution in [0.5, 0.6) is 0 Å². The van der Waals surface area contributed by atoms with Crippen LogP contribution in [0.25, 0.3) is 0 Å². The van der Waals surface area contributed by atoms with E-state index in [-0.39, 0.29) is 5.91 Å². The van der Waals surface area contributed by atoms with Crippen LogP contribution in [0.4, 0.5) is 0 Å². The number of nitrogens with zero attached hydrogens (tertiary/aromatic N) is 3. The van der Waals surface area contributed by atoms with Crippen molar-refractivity contribution in [2.24, 2.45) is 0 Å². The highest BCUT2D eigenvalue weighted by atomic mass is 16.2. The fourth-order valence-corrected chi connectivity index (χ4v) is 1.40. The molecule has 0 spiro atoms. The molecule has 1 amide bonds. The smallest absolute Gasteiger partial charge is 0.261 e. The average Bonchev–Trinajstić information content (AvgIpc) is 2.17. The van der Waals surface area contributed by atoms with Crippen molar-refractivity contribution in [1.82, 2.24) is 20.7 Å². The summed E-state index contributed by atoms with van der Waals surface area (Å²) in [7, 11) is 3.68. The minimum Gasteiger partial charge on any atom is -0.268 e. The number of nitrogens with one attached hydrogen (secondary N) is 1. The van der Waals surface area contributed by atoms with Crippen LogP contribution in [0.2, 0.25) is 0 Å². The van der Waals surface area contributed by atoms with E-state index in [1.165, 1.54) is 6.08 Å². The molecular weight excluding hydrogens is 168 g/mol. The van der Waals surface area contributed by atoms with Gasteiger partial charge in [0.25, 0.3) is 5.91 Å². The third kappa shape index (κ3) is 2.06. The molecule has 1 heterocycles. The Labute approximate surface area is 78.5 Å². The summed E-state index contributed by atoms with van der Waals surface area (Å²) in [6.07, 6.45) is 2.29. The van der Waals surface area contributed by atoms with Crippen LogP contribution in [0, 0.1) is 0 Å². The Balaban J connectivity index is 2.64. The van der Waals surface area contributed by atoms with Crippen LogP contribution in [0.3, 0.4) is 0 Å². The van der Waals surface area contributed by atoms with Gasteiger partial charge in [0.15, 0.2) is 0 Å². The lowest BCUT2D eigenvalue weighted by molar-refractivity contribution is -0.212. The first-order valence-electron chi connectivity index (χ1n) is 4.33. The van der Waals surface area contributed by atoms with Gasteiger partial charge in [-0.25, -0.2) is 5.43 Å². The molecule has 0 unspecified atom stereocenters. The minimum absolute atomic E-state index is 0.0672. The monoisotopic (exact) mass is 184 g/mol. The predicted octanol–water partition coefficient (Wildman–Crippen LogP) is -0.397. The van der Waals surface area contributed by atoms with Crippen LogP contribution in [0.15, 0.2) is 12.7 Å². The molecule has 1 aliphatic rings.